The molecule has 46 heavy (non-hydrogen) atoms. The lowest BCUT2D eigenvalue weighted by atomic mass is 9.44. The molecule has 0 aromatic rings. The second kappa shape index (κ2) is 15.5. The Kier molecular flexibility index (Phi) is 13.2. The molecule has 4 fully saturated rings. The zero-order chi connectivity index (χ0) is 34.7. The van der Waals surface area contributed by atoms with Gasteiger partial charge in [-0.05, 0) is 95.8 Å². The Labute approximate surface area is 275 Å². The highest BCUT2D eigenvalue weighted by Crippen LogP contribution is 2.67. The number of Topliss-reactive ketones (excluding diaryl/α,β-unsaturated/α-hetero) is 2. The Hall–Kier alpha value is -1.31. The minimum Gasteiger partial charge on any atom is -0.393 e. The Bertz CT molecular complexity index is 1070. The van der Waals surface area contributed by atoms with E-state index in [4.69, 9.17) is 27.5 Å². The minimum absolute atomic E-state index is 0.0154. The third kappa shape index (κ3) is 7.32. The topological polar surface area (TPSA) is 174 Å². The number of nitriles is 1. The van der Waals surface area contributed by atoms with E-state index in [1.54, 1.807) is 27.7 Å². The standard InChI is InChI=1S/C21H32O5.C12H25NO6Si/c1-19-7-5-13(23)9-12(19)3-4-14-15-6-8-21(26,17(25)11-22)20(15,2)10-16(24)18(14)19;1-9(8-13)20(17-10(2)14-5,18-11(3)15-6)19-12(4)16-7/h12-15,18,22-23,26H,3-11H2,1-2H3;9-12H,1-7H3/t12-,13-,14+,15+,18-,19+,20+,21+;/m1./s1. The molecule has 12 nitrogen and oxygen atoms in total. The van der Waals surface area contributed by atoms with E-state index in [1.807, 2.05) is 6.92 Å². The first-order valence-electron chi connectivity index (χ1n) is 16.6. The SMILES string of the molecule is COC(C)O[Si](OC(C)OC)(OC(C)OC)C(C)C#N.C[C@]12CC[C@@H](O)C[C@H]1CC[C@@H]1[C@@H]2C(=O)C[C@@]2(C)[C@H]1CC[C@]2(O)C(=O)CO. The number of carbonyl (C=O) groups is 2. The van der Waals surface area contributed by atoms with Gasteiger partial charge in [-0.15, -0.1) is 0 Å². The maximum Gasteiger partial charge on any atom is 0.524 e. The first-order chi connectivity index (χ1) is 21.5. The average Bonchev–Trinajstić information content (AvgIpc) is 3.30. The molecule has 4 unspecified atom stereocenters. The molecule has 0 heterocycles. The van der Waals surface area contributed by atoms with E-state index < -0.39 is 56.6 Å². The van der Waals surface area contributed by atoms with Crippen LogP contribution in [0.2, 0.25) is 5.54 Å². The predicted molar refractivity (Wildman–Crippen MR) is 169 cm³/mol. The Morgan fingerprint density at radius 1 is 0.957 bits per heavy atom. The van der Waals surface area contributed by atoms with Crippen molar-refractivity contribution in [1.82, 2.24) is 0 Å². The number of methoxy groups -OCH3 is 3. The van der Waals surface area contributed by atoms with Gasteiger partial charge in [0.05, 0.1) is 12.2 Å². The van der Waals surface area contributed by atoms with Gasteiger partial charge in [0.25, 0.3) is 0 Å². The van der Waals surface area contributed by atoms with Gasteiger partial charge in [-0.25, -0.2) is 0 Å². The van der Waals surface area contributed by atoms with Crippen LogP contribution in [-0.2, 0) is 37.1 Å². The smallest absolute Gasteiger partial charge is 0.393 e. The van der Waals surface area contributed by atoms with Crippen LogP contribution in [0.15, 0.2) is 0 Å². The van der Waals surface area contributed by atoms with E-state index in [2.05, 4.69) is 13.0 Å². The molecule has 4 saturated carbocycles. The van der Waals surface area contributed by atoms with Crippen molar-refractivity contribution in [2.75, 3.05) is 27.9 Å². The molecule has 13 heteroatoms. The molecule has 0 bridgehead atoms. The van der Waals surface area contributed by atoms with Crippen molar-refractivity contribution >= 4 is 20.4 Å². The van der Waals surface area contributed by atoms with Gasteiger partial charge >= 0.3 is 8.80 Å². The molecule has 4 aliphatic rings. The zero-order valence-corrected chi connectivity index (χ0v) is 30.1. The van der Waals surface area contributed by atoms with Crippen LogP contribution in [0.5, 0.6) is 0 Å². The molecular weight excluding hydrogens is 614 g/mol. The highest BCUT2D eigenvalue weighted by Gasteiger charge is 2.68. The largest absolute Gasteiger partial charge is 0.524 e. The number of hydrogen-bond donors (Lipinski definition) is 3. The van der Waals surface area contributed by atoms with Crippen molar-refractivity contribution in [3.05, 3.63) is 0 Å². The zero-order valence-electron chi connectivity index (χ0n) is 29.1. The molecule has 0 amide bonds. The van der Waals surface area contributed by atoms with Gasteiger partial charge in [0.1, 0.15) is 42.4 Å². The molecule has 4 aliphatic carbocycles. The monoisotopic (exact) mass is 671 g/mol. The predicted octanol–water partition coefficient (Wildman–Crippen LogP) is 3.73. The van der Waals surface area contributed by atoms with Crippen molar-refractivity contribution in [3.63, 3.8) is 0 Å². The normalized spacial score (nSPS) is 39.2. The average molecular weight is 672 g/mol. The third-order valence-electron chi connectivity index (χ3n) is 11.8. The summed E-state index contributed by atoms with van der Waals surface area (Å²) in [6.45, 7) is 10.2. The van der Waals surface area contributed by atoms with Crippen LogP contribution in [0.1, 0.15) is 92.9 Å². The lowest BCUT2D eigenvalue weighted by Crippen LogP contribution is -2.62. The van der Waals surface area contributed by atoms with Crippen LogP contribution < -0.4 is 0 Å². The number of carbonyl (C=O) groups excluding carboxylic acids is 2. The Morgan fingerprint density at radius 2 is 1.50 bits per heavy atom. The second-order valence-corrected chi connectivity index (χ2v) is 17.0. The van der Waals surface area contributed by atoms with Gasteiger partial charge in [0, 0.05) is 39.1 Å². The first-order valence-corrected chi connectivity index (χ1v) is 18.4. The van der Waals surface area contributed by atoms with E-state index in [-0.39, 0.29) is 41.5 Å². The maximum absolute atomic E-state index is 13.4. The molecule has 0 saturated heterocycles. The second-order valence-electron chi connectivity index (χ2n) is 14.2. The van der Waals surface area contributed by atoms with Crippen LogP contribution >= 0.6 is 0 Å². The fourth-order valence-corrected chi connectivity index (χ4v) is 11.6. The molecule has 4 rings (SSSR count). The van der Waals surface area contributed by atoms with E-state index >= 15 is 0 Å². The quantitative estimate of drug-likeness (QED) is 0.203. The van der Waals surface area contributed by atoms with Crippen LogP contribution in [0.3, 0.4) is 0 Å². The van der Waals surface area contributed by atoms with Crippen molar-refractivity contribution in [2.24, 2.45) is 34.5 Å². The van der Waals surface area contributed by atoms with Crippen LogP contribution in [0.25, 0.3) is 0 Å². The summed E-state index contributed by atoms with van der Waals surface area (Å²) >= 11 is 0. The van der Waals surface area contributed by atoms with Gasteiger partial charge in [0.15, 0.2) is 5.78 Å². The van der Waals surface area contributed by atoms with E-state index in [9.17, 15) is 30.2 Å². The number of aliphatic hydroxyl groups is 3. The lowest BCUT2D eigenvalue weighted by molar-refractivity contribution is -0.180. The number of rotatable bonds is 12. The number of aliphatic hydroxyl groups excluding tert-OH is 2. The molecule has 12 atom stereocenters. The van der Waals surface area contributed by atoms with E-state index in [0.717, 1.165) is 38.5 Å². The summed E-state index contributed by atoms with van der Waals surface area (Å²) in [5.41, 5.74) is -3.01. The Balaban J connectivity index is 0.000000262. The number of fused-ring (bicyclic) bond motifs is 5. The summed E-state index contributed by atoms with van der Waals surface area (Å²) in [4.78, 5) is 25.7. The van der Waals surface area contributed by atoms with E-state index in [0.29, 0.717) is 12.3 Å². The van der Waals surface area contributed by atoms with Crippen molar-refractivity contribution in [1.29, 1.82) is 5.26 Å². The van der Waals surface area contributed by atoms with Crippen molar-refractivity contribution in [3.8, 4) is 6.07 Å². The molecule has 0 aromatic carbocycles. The van der Waals surface area contributed by atoms with Gasteiger partial charge in [-0.1, -0.05) is 13.8 Å². The summed E-state index contributed by atoms with van der Waals surface area (Å²) in [6, 6.07) is 2.11. The molecule has 0 radical (unpaired) electrons. The fourth-order valence-electron chi connectivity index (χ4n) is 8.95. The van der Waals surface area contributed by atoms with Crippen LogP contribution in [-0.4, -0.2) is 94.2 Å². The molecule has 3 N–H and O–H groups in total. The first kappa shape index (κ1) is 39.1. The van der Waals surface area contributed by atoms with Crippen LogP contribution in [0.4, 0.5) is 0 Å². The minimum atomic E-state index is -3.39. The van der Waals surface area contributed by atoms with Crippen LogP contribution in [0, 0.1) is 45.8 Å². The summed E-state index contributed by atoms with van der Waals surface area (Å²) in [6.07, 6.45) is 3.74. The number of hydrogen-bond acceptors (Lipinski definition) is 12. The Morgan fingerprint density at radius 3 is 1.98 bits per heavy atom. The fraction of sp³-hybridized carbons (Fsp3) is 0.909. The van der Waals surface area contributed by atoms with Gasteiger partial charge in [-0.3, -0.25) is 9.59 Å². The van der Waals surface area contributed by atoms with Gasteiger partial charge < -0.3 is 42.8 Å². The highest BCUT2D eigenvalue weighted by molar-refractivity contribution is 6.63. The third-order valence-corrected chi connectivity index (χ3v) is 15.0. The number of ketones is 2. The van der Waals surface area contributed by atoms with Gasteiger partial charge in [0.2, 0.25) is 0 Å². The molecule has 0 aromatic heterocycles. The van der Waals surface area contributed by atoms with Crippen molar-refractivity contribution < 1.29 is 52.4 Å². The summed E-state index contributed by atoms with van der Waals surface area (Å²) in [7, 11) is 1.11. The highest BCUT2D eigenvalue weighted by atomic mass is 28.4. The van der Waals surface area contributed by atoms with E-state index in [1.165, 1.54) is 21.3 Å². The maximum atomic E-state index is 13.4. The molecule has 0 aliphatic heterocycles. The number of nitrogens with zero attached hydrogens (tertiary/aromatic N) is 1. The van der Waals surface area contributed by atoms with Gasteiger partial charge in [-0.2, -0.15) is 5.26 Å². The summed E-state index contributed by atoms with van der Waals surface area (Å²) in [5.74, 6) is 0.380. The molecule has 0 spiro atoms. The lowest BCUT2D eigenvalue weighted by Gasteiger charge is -2.60. The van der Waals surface area contributed by atoms with Crippen molar-refractivity contribution in [2.45, 2.75) is 129 Å². The summed E-state index contributed by atoms with van der Waals surface area (Å²) < 4.78 is 32.6. The number of ether oxygens (including phenoxy) is 3. The molecule has 264 valence electrons. The molecular formula is C33H57NO11Si. The summed E-state index contributed by atoms with van der Waals surface area (Å²) in [5, 5.41) is 39.9.